The smallest absolute Gasteiger partial charge is 0.315 e. The van der Waals surface area contributed by atoms with Gasteiger partial charge in [0.15, 0.2) is 0 Å². The third-order valence-electron chi connectivity index (χ3n) is 2.73. The van der Waals surface area contributed by atoms with E-state index in [-0.39, 0.29) is 24.7 Å². The Morgan fingerprint density at radius 3 is 2.56 bits per heavy atom. The second-order valence-electron chi connectivity index (χ2n) is 4.31. The van der Waals surface area contributed by atoms with Crippen LogP contribution in [0.25, 0.3) is 0 Å². The Hall–Kier alpha value is -1.14. The molecule has 6 heteroatoms. The molecule has 0 aliphatic carbocycles. The number of aryl methyl sites for hydroxylation is 2. The zero-order valence-electron chi connectivity index (χ0n) is 11.3. The van der Waals surface area contributed by atoms with Crippen molar-refractivity contribution in [3.8, 4) is 0 Å². The molecule has 0 saturated carbocycles. The number of aromatic nitrogens is 1. The van der Waals surface area contributed by atoms with Gasteiger partial charge in [-0.3, -0.25) is 0 Å². The van der Waals surface area contributed by atoms with Crippen molar-refractivity contribution >= 4 is 17.4 Å². The van der Waals surface area contributed by atoms with Crippen LogP contribution >= 0.6 is 11.3 Å². The van der Waals surface area contributed by atoms with Crippen LogP contribution in [0.1, 0.15) is 41.9 Å². The first-order valence-corrected chi connectivity index (χ1v) is 6.91. The molecule has 0 aliphatic heterocycles. The van der Waals surface area contributed by atoms with Gasteiger partial charge in [-0.25, -0.2) is 9.78 Å². The number of nitrogens with one attached hydrogen (secondary N) is 2. The molecule has 18 heavy (non-hydrogen) atoms. The van der Waals surface area contributed by atoms with Crippen LogP contribution in [0.3, 0.4) is 0 Å². The van der Waals surface area contributed by atoms with Crippen LogP contribution in [0.4, 0.5) is 4.79 Å². The average molecular weight is 271 g/mol. The van der Waals surface area contributed by atoms with Crippen LogP contribution in [0.2, 0.25) is 0 Å². The second-order valence-corrected chi connectivity index (χ2v) is 5.54. The zero-order chi connectivity index (χ0) is 13.7. The molecule has 1 rings (SSSR count). The van der Waals surface area contributed by atoms with Crippen molar-refractivity contribution in [2.45, 2.75) is 46.2 Å². The minimum absolute atomic E-state index is 0.0446. The molecule has 102 valence electrons. The molecule has 0 aliphatic rings. The Balaban J connectivity index is 2.57. The number of thiazole rings is 1. The van der Waals surface area contributed by atoms with Crippen LogP contribution in [-0.4, -0.2) is 28.8 Å². The molecule has 1 aromatic rings. The molecule has 2 amide bonds. The van der Waals surface area contributed by atoms with Gasteiger partial charge in [-0.15, -0.1) is 11.3 Å². The lowest BCUT2D eigenvalue weighted by molar-refractivity contribution is 0.212. The van der Waals surface area contributed by atoms with E-state index in [1.54, 1.807) is 11.3 Å². The predicted molar refractivity (Wildman–Crippen MR) is 72.8 cm³/mol. The number of amides is 2. The number of rotatable bonds is 5. The molecular weight excluding hydrogens is 250 g/mol. The number of urea groups is 1. The minimum atomic E-state index is -0.256. The Bertz CT molecular complexity index is 402. The van der Waals surface area contributed by atoms with Crippen LogP contribution in [0.5, 0.6) is 0 Å². The number of aliphatic hydroxyl groups is 1. The topological polar surface area (TPSA) is 74.2 Å². The summed E-state index contributed by atoms with van der Waals surface area (Å²) >= 11 is 1.59. The summed E-state index contributed by atoms with van der Waals surface area (Å²) in [6.07, 6.45) is 0.705. The van der Waals surface area contributed by atoms with E-state index in [1.165, 1.54) is 0 Å². The average Bonchev–Trinajstić information content (AvgIpc) is 2.65. The van der Waals surface area contributed by atoms with Gasteiger partial charge < -0.3 is 15.7 Å². The van der Waals surface area contributed by atoms with Crippen LogP contribution in [-0.2, 0) is 0 Å². The van der Waals surface area contributed by atoms with Crippen molar-refractivity contribution in [2.24, 2.45) is 0 Å². The van der Waals surface area contributed by atoms with E-state index in [2.05, 4.69) is 15.6 Å². The highest BCUT2D eigenvalue weighted by atomic mass is 32.1. The fourth-order valence-corrected chi connectivity index (χ4v) is 2.64. The third kappa shape index (κ3) is 3.96. The summed E-state index contributed by atoms with van der Waals surface area (Å²) in [6, 6.07) is -0.525. The van der Waals surface area contributed by atoms with Crippen molar-refractivity contribution in [3.63, 3.8) is 0 Å². The lowest BCUT2D eigenvalue weighted by atomic mass is 10.2. The Kier molecular flexibility index (Phi) is 5.55. The van der Waals surface area contributed by atoms with Gasteiger partial charge >= 0.3 is 6.03 Å². The number of nitrogens with zero attached hydrogens (tertiary/aromatic N) is 1. The van der Waals surface area contributed by atoms with Crippen LogP contribution in [0, 0.1) is 13.8 Å². The zero-order valence-corrected chi connectivity index (χ0v) is 12.1. The number of hydrogen-bond acceptors (Lipinski definition) is 4. The molecule has 1 aromatic heterocycles. The molecule has 3 N–H and O–H groups in total. The van der Waals surface area contributed by atoms with E-state index < -0.39 is 0 Å². The van der Waals surface area contributed by atoms with Crippen molar-refractivity contribution in [1.82, 2.24) is 15.6 Å². The summed E-state index contributed by atoms with van der Waals surface area (Å²) < 4.78 is 0. The lowest BCUT2D eigenvalue weighted by Crippen LogP contribution is -2.44. The molecule has 0 spiro atoms. The first kappa shape index (κ1) is 14.9. The Morgan fingerprint density at radius 2 is 2.11 bits per heavy atom. The number of carbonyl (C=O) groups is 1. The maximum absolute atomic E-state index is 11.7. The maximum Gasteiger partial charge on any atom is 0.315 e. The van der Waals surface area contributed by atoms with Gasteiger partial charge in [0.05, 0.1) is 29.4 Å². The highest BCUT2D eigenvalue weighted by Crippen LogP contribution is 2.24. The molecule has 0 radical (unpaired) electrons. The SMILES string of the molecule is CC[C@@H](CO)NC(=O)N[C@H](C)c1sc(C)nc1C. The fraction of sp³-hybridized carbons (Fsp3) is 0.667. The van der Waals surface area contributed by atoms with E-state index in [0.29, 0.717) is 6.42 Å². The monoisotopic (exact) mass is 271 g/mol. The van der Waals surface area contributed by atoms with E-state index in [1.807, 2.05) is 27.7 Å². The van der Waals surface area contributed by atoms with E-state index >= 15 is 0 Å². The van der Waals surface area contributed by atoms with Gasteiger partial charge in [0.1, 0.15) is 0 Å². The Morgan fingerprint density at radius 1 is 1.44 bits per heavy atom. The summed E-state index contributed by atoms with van der Waals surface area (Å²) in [4.78, 5) is 17.1. The third-order valence-corrected chi connectivity index (χ3v) is 3.98. The number of hydrogen-bond donors (Lipinski definition) is 3. The molecule has 0 fully saturated rings. The van der Waals surface area contributed by atoms with E-state index in [4.69, 9.17) is 5.11 Å². The quantitative estimate of drug-likeness (QED) is 0.765. The molecule has 2 atom stereocenters. The normalized spacial score (nSPS) is 14.1. The van der Waals surface area contributed by atoms with Crippen LogP contribution in [0.15, 0.2) is 0 Å². The summed E-state index contributed by atoms with van der Waals surface area (Å²) in [6.45, 7) is 7.70. The molecule has 0 aromatic carbocycles. The van der Waals surface area contributed by atoms with Crippen molar-refractivity contribution < 1.29 is 9.90 Å². The van der Waals surface area contributed by atoms with Crippen LogP contribution < -0.4 is 10.6 Å². The van der Waals surface area contributed by atoms with Crippen molar-refractivity contribution in [3.05, 3.63) is 15.6 Å². The first-order chi connectivity index (χ1) is 8.47. The summed E-state index contributed by atoms with van der Waals surface area (Å²) in [7, 11) is 0. The van der Waals surface area contributed by atoms with Crippen molar-refractivity contribution in [2.75, 3.05) is 6.61 Å². The van der Waals surface area contributed by atoms with E-state index in [9.17, 15) is 4.79 Å². The highest BCUT2D eigenvalue weighted by Gasteiger charge is 2.16. The molecule has 0 saturated heterocycles. The molecule has 0 unspecified atom stereocenters. The van der Waals surface area contributed by atoms with Gasteiger partial charge in [-0.2, -0.15) is 0 Å². The maximum atomic E-state index is 11.7. The largest absolute Gasteiger partial charge is 0.394 e. The van der Waals surface area contributed by atoms with Gasteiger partial charge in [0.25, 0.3) is 0 Å². The molecule has 5 nitrogen and oxygen atoms in total. The first-order valence-electron chi connectivity index (χ1n) is 6.09. The lowest BCUT2D eigenvalue weighted by Gasteiger charge is -2.18. The molecule has 1 heterocycles. The fourth-order valence-electron chi connectivity index (χ4n) is 1.71. The summed E-state index contributed by atoms with van der Waals surface area (Å²) in [5.74, 6) is 0. The summed E-state index contributed by atoms with van der Waals surface area (Å²) in [5.41, 5.74) is 0.958. The van der Waals surface area contributed by atoms with Gasteiger partial charge in [-0.1, -0.05) is 6.92 Å². The second kappa shape index (κ2) is 6.70. The standard InChI is InChI=1S/C12H21N3O2S/c1-5-10(6-16)15-12(17)14-8(3)11-7(2)13-9(4)18-11/h8,10,16H,5-6H2,1-4H3,(H2,14,15,17)/t8-,10+/m1/s1. The highest BCUT2D eigenvalue weighted by molar-refractivity contribution is 7.11. The van der Waals surface area contributed by atoms with E-state index in [0.717, 1.165) is 15.6 Å². The number of aliphatic hydroxyl groups excluding tert-OH is 1. The predicted octanol–water partition coefficient (Wildman–Crippen LogP) is 1.89. The number of carbonyl (C=O) groups excluding carboxylic acids is 1. The van der Waals surface area contributed by atoms with Gasteiger partial charge in [0, 0.05) is 4.88 Å². The van der Waals surface area contributed by atoms with Crippen molar-refractivity contribution in [1.29, 1.82) is 0 Å². The van der Waals surface area contributed by atoms with Gasteiger partial charge in [0.2, 0.25) is 0 Å². The van der Waals surface area contributed by atoms with Gasteiger partial charge in [-0.05, 0) is 27.2 Å². The Labute approximate surface area is 112 Å². The summed E-state index contributed by atoms with van der Waals surface area (Å²) in [5, 5.41) is 15.6. The molecular formula is C12H21N3O2S. The molecule has 0 bridgehead atoms. The minimum Gasteiger partial charge on any atom is -0.394 e.